The summed E-state index contributed by atoms with van der Waals surface area (Å²) in [5.74, 6) is 0.347. The zero-order chi connectivity index (χ0) is 19.4. The Morgan fingerprint density at radius 2 is 1.89 bits per heavy atom. The number of amides is 1. The average Bonchev–Trinajstić information content (AvgIpc) is 3.11. The first kappa shape index (κ1) is 19.3. The Kier molecular flexibility index (Phi) is 6.08. The van der Waals surface area contributed by atoms with Crippen molar-refractivity contribution in [1.29, 1.82) is 0 Å². The molecule has 6 nitrogen and oxygen atoms in total. The zero-order valence-electron chi connectivity index (χ0n) is 14.5. The number of benzene rings is 2. The minimum atomic E-state index is -0.677. The Balaban J connectivity index is 1.59. The lowest BCUT2D eigenvalue weighted by molar-refractivity contribution is -0.134. The van der Waals surface area contributed by atoms with Gasteiger partial charge in [-0.3, -0.25) is 4.79 Å². The third kappa shape index (κ3) is 4.64. The number of esters is 1. The van der Waals surface area contributed by atoms with E-state index >= 15 is 0 Å². The van der Waals surface area contributed by atoms with Crippen molar-refractivity contribution in [3.63, 3.8) is 0 Å². The van der Waals surface area contributed by atoms with Crippen molar-refractivity contribution in [2.24, 2.45) is 0 Å². The van der Waals surface area contributed by atoms with Gasteiger partial charge in [0.2, 0.25) is 6.79 Å². The number of nitrogens with zero attached hydrogens (tertiary/aromatic N) is 1. The summed E-state index contributed by atoms with van der Waals surface area (Å²) in [6.07, 6.45) is 0. The van der Waals surface area contributed by atoms with E-state index in [1.807, 2.05) is 19.1 Å². The highest BCUT2D eigenvalue weighted by atomic mass is 35.5. The van der Waals surface area contributed by atoms with Gasteiger partial charge in [-0.1, -0.05) is 29.3 Å². The lowest BCUT2D eigenvalue weighted by atomic mass is 10.2. The normalized spacial score (nSPS) is 12.0. The summed E-state index contributed by atoms with van der Waals surface area (Å²) in [4.78, 5) is 26.1. The molecule has 2 aromatic rings. The van der Waals surface area contributed by atoms with E-state index in [9.17, 15) is 9.59 Å². The van der Waals surface area contributed by atoms with Gasteiger partial charge >= 0.3 is 5.97 Å². The molecule has 0 aliphatic carbocycles. The van der Waals surface area contributed by atoms with E-state index in [0.717, 1.165) is 5.56 Å². The summed E-state index contributed by atoms with van der Waals surface area (Å²) >= 11 is 11.8. The summed E-state index contributed by atoms with van der Waals surface area (Å²) in [7, 11) is 0. The molecule has 1 heterocycles. The lowest BCUT2D eigenvalue weighted by Crippen LogP contribution is -2.34. The lowest BCUT2D eigenvalue weighted by Gasteiger charge is -2.21. The molecule has 1 amide bonds. The van der Waals surface area contributed by atoms with Crippen LogP contribution in [0.15, 0.2) is 36.4 Å². The van der Waals surface area contributed by atoms with Crippen molar-refractivity contribution in [1.82, 2.24) is 4.90 Å². The van der Waals surface area contributed by atoms with Crippen LogP contribution in [0.3, 0.4) is 0 Å². The second-order valence-corrected chi connectivity index (χ2v) is 6.64. The molecule has 2 aromatic carbocycles. The molecule has 3 rings (SSSR count). The quantitative estimate of drug-likeness (QED) is 0.676. The number of ether oxygens (including phenoxy) is 3. The van der Waals surface area contributed by atoms with E-state index in [1.165, 1.54) is 18.2 Å². The van der Waals surface area contributed by atoms with Crippen molar-refractivity contribution < 1.29 is 23.8 Å². The van der Waals surface area contributed by atoms with Crippen LogP contribution in [0, 0.1) is 0 Å². The van der Waals surface area contributed by atoms with Crippen molar-refractivity contribution >= 4 is 35.1 Å². The highest BCUT2D eigenvalue weighted by Crippen LogP contribution is 2.32. The smallest absolute Gasteiger partial charge is 0.340 e. The van der Waals surface area contributed by atoms with Gasteiger partial charge in [0.1, 0.15) is 0 Å². The van der Waals surface area contributed by atoms with E-state index in [0.29, 0.717) is 29.6 Å². The van der Waals surface area contributed by atoms with Crippen LogP contribution in [0.5, 0.6) is 11.5 Å². The monoisotopic (exact) mass is 409 g/mol. The van der Waals surface area contributed by atoms with E-state index < -0.39 is 5.97 Å². The van der Waals surface area contributed by atoms with Crippen LogP contribution in [-0.4, -0.2) is 36.7 Å². The standard InChI is InChI=1S/C19H17Cl2NO5/c1-2-22(9-12-3-6-16-17(7-12)27-11-26-16)18(23)10-25-19(24)14-5-4-13(20)8-15(14)21/h3-8H,2,9-11H2,1H3. The van der Waals surface area contributed by atoms with Gasteiger partial charge in [-0.2, -0.15) is 0 Å². The number of hydrogen-bond acceptors (Lipinski definition) is 5. The van der Waals surface area contributed by atoms with Gasteiger partial charge in [0, 0.05) is 18.1 Å². The number of rotatable bonds is 6. The van der Waals surface area contributed by atoms with Crippen LogP contribution in [0.25, 0.3) is 0 Å². The largest absolute Gasteiger partial charge is 0.454 e. The van der Waals surface area contributed by atoms with E-state index in [2.05, 4.69) is 0 Å². The maximum absolute atomic E-state index is 12.4. The molecule has 0 atom stereocenters. The molecule has 0 N–H and O–H groups in total. The SMILES string of the molecule is CCN(Cc1ccc2c(c1)OCO2)C(=O)COC(=O)c1ccc(Cl)cc1Cl. The van der Waals surface area contributed by atoms with Crippen molar-refractivity contribution in [2.75, 3.05) is 19.9 Å². The molecule has 0 saturated heterocycles. The summed E-state index contributed by atoms with van der Waals surface area (Å²) in [6.45, 7) is 2.50. The average molecular weight is 410 g/mol. The zero-order valence-corrected chi connectivity index (χ0v) is 16.0. The van der Waals surface area contributed by atoms with Gasteiger partial charge in [-0.25, -0.2) is 4.79 Å². The molecule has 8 heteroatoms. The van der Waals surface area contributed by atoms with Crippen LogP contribution in [0.1, 0.15) is 22.8 Å². The van der Waals surface area contributed by atoms with E-state index in [4.69, 9.17) is 37.4 Å². The maximum Gasteiger partial charge on any atom is 0.340 e. The van der Waals surface area contributed by atoms with Gasteiger partial charge in [-0.15, -0.1) is 0 Å². The van der Waals surface area contributed by atoms with Crippen LogP contribution in [0.4, 0.5) is 0 Å². The second-order valence-electron chi connectivity index (χ2n) is 5.80. The highest BCUT2D eigenvalue weighted by Gasteiger charge is 2.19. The Morgan fingerprint density at radius 3 is 2.63 bits per heavy atom. The van der Waals surface area contributed by atoms with Crippen molar-refractivity contribution in [2.45, 2.75) is 13.5 Å². The fourth-order valence-electron chi connectivity index (χ4n) is 2.59. The van der Waals surface area contributed by atoms with E-state index in [1.54, 1.807) is 11.0 Å². The molecule has 27 heavy (non-hydrogen) atoms. The topological polar surface area (TPSA) is 65.1 Å². The number of likely N-dealkylation sites (N-methyl/N-ethyl adjacent to an activating group) is 1. The molecule has 0 fully saturated rings. The second kappa shape index (κ2) is 8.50. The Labute approximate surface area is 166 Å². The minimum absolute atomic E-state index is 0.160. The van der Waals surface area contributed by atoms with Gasteiger partial charge in [0.25, 0.3) is 5.91 Å². The molecule has 0 bridgehead atoms. The van der Waals surface area contributed by atoms with Crippen molar-refractivity contribution in [3.8, 4) is 11.5 Å². The van der Waals surface area contributed by atoms with Crippen LogP contribution >= 0.6 is 23.2 Å². The highest BCUT2D eigenvalue weighted by molar-refractivity contribution is 6.36. The minimum Gasteiger partial charge on any atom is -0.454 e. The summed E-state index contributed by atoms with van der Waals surface area (Å²) in [6, 6.07) is 9.93. The summed E-state index contributed by atoms with van der Waals surface area (Å²) < 4.78 is 15.7. The number of hydrogen-bond donors (Lipinski definition) is 0. The number of halogens is 2. The molecule has 0 radical (unpaired) electrons. The first-order valence-electron chi connectivity index (χ1n) is 8.26. The van der Waals surface area contributed by atoms with Gasteiger partial charge < -0.3 is 19.1 Å². The summed E-state index contributed by atoms with van der Waals surface area (Å²) in [5, 5.41) is 0.584. The van der Waals surface area contributed by atoms with E-state index in [-0.39, 0.29) is 29.9 Å². The van der Waals surface area contributed by atoms with Gasteiger partial charge in [-0.05, 0) is 42.8 Å². The first-order valence-corrected chi connectivity index (χ1v) is 9.02. The molecular weight excluding hydrogens is 393 g/mol. The number of fused-ring (bicyclic) bond motifs is 1. The Hall–Kier alpha value is -2.44. The fraction of sp³-hybridized carbons (Fsp3) is 0.263. The first-order chi connectivity index (χ1) is 13.0. The maximum atomic E-state index is 12.4. The molecule has 0 spiro atoms. The molecule has 1 aliphatic rings. The summed E-state index contributed by atoms with van der Waals surface area (Å²) in [5.41, 5.74) is 1.05. The molecule has 0 unspecified atom stereocenters. The molecular formula is C19H17Cl2NO5. The molecule has 0 aromatic heterocycles. The number of carbonyl (C=O) groups excluding carboxylic acids is 2. The molecule has 0 saturated carbocycles. The molecule has 1 aliphatic heterocycles. The number of carbonyl (C=O) groups is 2. The Morgan fingerprint density at radius 1 is 1.11 bits per heavy atom. The molecule has 142 valence electrons. The fourth-order valence-corrected chi connectivity index (χ4v) is 3.07. The van der Waals surface area contributed by atoms with Gasteiger partial charge in [0.15, 0.2) is 18.1 Å². The Bertz CT molecular complexity index is 871. The third-order valence-corrected chi connectivity index (χ3v) is 4.57. The third-order valence-electron chi connectivity index (χ3n) is 4.02. The van der Waals surface area contributed by atoms with Crippen molar-refractivity contribution in [3.05, 3.63) is 57.6 Å². The van der Waals surface area contributed by atoms with Crippen LogP contribution < -0.4 is 9.47 Å². The van der Waals surface area contributed by atoms with Crippen LogP contribution in [0.2, 0.25) is 10.0 Å². The van der Waals surface area contributed by atoms with Crippen LogP contribution in [-0.2, 0) is 16.1 Å². The predicted molar refractivity (Wildman–Crippen MR) is 100 cm³/mol. The van der Waals surface area contributed by atoms with Gasteiger partial charge in [0.05, 0.1) is 10.6 Å². The predicted octanol–water partition coefficient (Wildman–Crippen LogP) is 3.93.